The predicted octanol–water partition coefficient (Wildman–Crippen LogP) is 2.39. The molecule has 0 bridgehead atoms. The number of aromatic amines is 1. The largest absolute Gasteiger partial charge is 0.416 e. The van der Waals surface area contributed by atoms with E-state index in [-0.39, 0.29) is 29.5 Å². The molecule has 1 heterocycles. The zero-order valence-electron chi connectivity index (χ0n) is 13.1. The molecule has 132 valence electrons. The van der Waals surface area contributed by atoms with Crippen molar-refractivity contribution >= 4 is 5.91 Å². The van der Waals surface area contributed by atoms with Crippen molar-refractivity contribution in [3.8, 4) is 0 Å². The second-order valence-electron chi connectivity index (χ2n) is 6.10. The van der Waals surface area contributed by atoms with E-state index in [1.165, 1.54) is 30.6 Å². The third-order valence-electron chi connectivity index (χ3n) is 4.29. The normalized spacial score (nSPS) is 20.0. The maximum absolute atomic E-state index is 12.9. The Balaban J connectivity index is 1.56. The van der Waals surface area contributed by atoms with Gasteiger partial charge in [0.2, 0.25) is 5.91 Å². The molecule has 1 saturated carbocycles. The Labute approximate surface area is 141 Å². The summed E-state index contributed by atoms with van der Waals surface area (Å²) >= 11 is 0. The maximum atomic E-state index is 12.9. The van der Waals surface area contributed by atoms with Gasteiger partial charge in [0.1, 0.15) is 0 Å². The van der Waals surface area contributed by atoms with Crippen molar-refractivity contribution in [2.75, 3.05) is 0 Å². The lowest BCUT2D eigenvalue weighted by molar-refractivity contribution is -0.138. The summed E-state index contributed by atoms with van der Waals surface area (Å²) < 4.78 is 38.8. The van der Waals surface area contributed by atoms with E-state index in [9.17, 15) is 22.8 Å². The van der Waals surface area contributed by atoms with Crippen molar-refractivity contribution in [1.29, 1.82) is 0 Å². The summed E-state index contributed by atoms with van der Waals surface area (Å²) in [6, 6.07) is 6.37. The van der Waals surface area contributed by atoms with Crippen LogP contribution in [0.1, 0.15) is 35.6 Å². The van der Waals surface area contributed by atoms with Crippen LogP contribution in [0.25, 0.3) is 0 Å². The van der Waals surface area contributed by atoms with Crippen molar-refractivity contribution in [3.05, 3.63) is 63.8 Å². The lowest BCUT2D eigenvalue weighted by Crippen LogP contribution is -2.44. The van der Waals surface area contributed by atoms with E-state index in [2.05, 4.69) is 15.3 Å². The Kier molecular flexibility index (Phi) is 4.61. The fraction of sp³-hybridized carbons (Fsp3) is 0.353. The zero-order valence-corrected chi connectivity index (χ0v) is 13.1. The Hall–Kier alpha value is -2.64. The Bertz CT molecular complexity index is 826. The molecule has 2 N–H and O–H groups in total. The van der Waals surface area contributed by atoms with Gasteiger partial charge in [0.15, 0.2) is 0 Å². The molecule has 1 aliphatic rings. The number of hydrogen-bond acceptors (Lipinski definition) is 3. The fourth-order valence-corrected chi connectivity index (χ4v) is 2.99. The van der Waals surface area contributed by atoms with Gasteiger partial charge in [0, 0.05) is 18.0 Å². The number of nitrogens with zero attached hydrogens (tertiary/aromatic N) is 1. The first-order valence-electron chi connectivity index (χ1n) is 7.82. The lowest BCUT2D eigenvalue weighted by atomic mass is 9.78. The molecule has 1 amide bonds. The Morgan fingerprint density at radius 3 is 2.68 bits per heavy atom. The molecule has 1 aromatic carbocycles. The summed E-state index contributed by atoms with van der Waals surface area (Å²) in [6.45, 7) is 0. The highest BCUT2D eigenvalue weighted by Crippen LogP contribution is 2.35. The summed E-state index contributed by atoms with van der Waals surface area (Å²) in [5.74, 6) is -0.367. The number of carbonyl (C=O) groups excluding carboxylic acids is 1. The highest BCUT2D eigenvalue weighted by molar-refractivity contribution is 5.79. The van der Waals surface area contributed by atoms with E-state index in [1.54, 1.807) is 0 Å². The quantitative estimate of drug-likeness (QED) is 0.888. The summed E-state index contributed by atoms with van der Waals surface area (Å²) in [6.07, 6.45) is -2.24. The SMILES string of the molecule is O=C(Cc1ccccc1C(F)(F)F)NC1CC(c2cc(=O)[nH]cn2)C1. The minimum absolute atomic E-state index is 0.0420. The molecule has 0 radical (unpaired) electrons. The van der Waals surface area contributed by atoms with Crippen molar-refractivity contribution in [1.82, 2.24) is 15.3 Å². The molecule has 0 atom stereocenters. The first kappa shape index (κ1) is 17.2. The molecule has 2 aromatic rings. The van der Waals surface area contributed by atoms with E-state index >= 15 is 0 Å². The van der Waals surface area contributed by atoms with Crippen LogP contribution < -0.4 is 10.9 Å². The average Bonchev–Trinajstić information content (AvgIpc) is 2.50. The Morgan fingerprint density at radius 2 is 2.00 bits per heavy atom. The number of carbonyl (C=O) groups is 1. The van der Waals surface area contributed by atoms with Crippen LogP contribution in [-0.2, 0) is 17.4 Å². The fourth-order valence-electron chi connectivity index (χ4n) is 2.99. The van der Waals surface area contributed by atoms with Gasteiger partial charge in [-0.1, -0.05) is 18.2 Å². The predicted molar refractivity (Wildman–Crippen MR) is 83.9 cm³/mol. The van der Waals surface area contributed by atoms with Gasteiger partial charge in [0.05, 0.1) is 24.0 Å². The van der Waals surface area contributed by atoms with E-state index in [1.807, 2.05) is 0 Å². The summed E-state index contributed by atoms with van der Waals surface area (Å²) in [5.41, 5.74) is -0.401. The monoisotopic (exact) mass is 351 g/mol. The zero-order chi connectivity index (χ0) is 18.0. The molecule has 0 spiro atoms. The van der Waals surface area contributed by atoms with Crippen LogP contribution in [0.2, 0.25) is 0 Å². The minimum Gasteiger partial charge on any atom is -0.353 e. The van der Waals surface area contributed by atoms with Crippen LogP contribution in [0.5, 0.6) is 0 Å². The second kappa shape index (κ2) is 6.70. The lowest BCUT2D eigenvalue weighted by Gasteiger charge is -2.35. The van der Waals surface area contributed by atoms with Crippen LogP contribution in [0.4, 0.5) is 13.2 Å². The number of amides is 1. The number of H-pyrrole nitrogens is 1. The van der Waals surface area contributed by atoms with Gasteiger partial charge >= 0.3 is 6.18 Å². The Morgan fingerprint density at radius 1 is 1.28 bits per heavy atom. The van der Waals surface area contributed by atoms with Crippen LogP contribution in [0.3, 0.4) is 0 Å². The molecule has 0 aliphatic heterocycles. The molecule has 25 heavy (non-hydrogen) atoms. The molecular weight excluding hydrogens is 335 g/mol. The number of nitrogens with one attached hydrogen (secondary N) is 2. The number of rotatable bonds is 4. The topological polar surface area (TPSA) is 74.8 Å². The minimum atomic E-state index is -4.48. The van der Waals surface area contributed by atoms with E-state index in [4.69, 9.17) is 0 Å². The van der Waals surface area contributed by atoms with Gasteiger partial charge in [-0.15, -0.1) is 0 Å². The van der Waals surface area contributed by atoms with Crippen LogP contribution in [-0.4, -0.2) is 21.9 Å². The molecule has 3 rings (SSSR count). The van der Waals surface area contributed by atoms with Crippen molar-refractivity contribution < 1.29 is 18.0 Å². The highest BCUT2D eigenvalue weighted by Gasteiger charge is 2.35. The molecule has 1 aromatic heterocycles. The second-order valence-corrected chi connectivity index (χ2v) is 6.10. The average molecular weight is 351 g/mol. The maximum Gasteiger partial charge on any atom is 0.416 e. The number of hydrogen-bond donors (Lipinski definition) is 2. The number of aromatic nitrogens is 2. The standard InChI is InChI=1S/C17H16F3N3O2/c18-17(19,20)13-4-2-1-3-10(13)7-16(25)23-12-5-11(6-12)14-8-15(24)22-9-21-14/h1-4,8-9,11-12H,5-7H2,(H,23,25)(H,21,22,24). The van der Waals surface area contributed by atoms with Crippen LogP contribution in [0.15, 0.2) is 41.5 Å². The number of halogens is 3. The number of benzene rings is 1. The molecule has 0 saturated heterocycles. The van der Waals surface area contributed by atoms with Gasteiger partial charge in [-0.25, -0.2) is 4.98 Å². The molecular formula is C17H16F3N3O2. The number of alkyl halides is 3. The molecule has 0 unspecified atom stereocenters. The highest BCUT2D eigenvalue weighted by atomic mass is 19.4. The van der Waals surface area contributed by atoms with Crippen LogP contribution in [0, 0.1) is 0 Å². The van der Waals surface area contributed by atoms with Gasteiger partial charge in [-0.2, -0.15) is 13.2 Å². The molecule has 5 nitrogen and oxygen atoms in total. The van der Waals surface area contributed by atoms with E-state index < -0.39 is 17.6 Å². The first-order chi connectivity index (χ1) is 11.8. The molecule has 8 heteroatoms. The van der Waals surface area contributed by atoms with Gasteiger partial charge in [-0.3, -0.25) is 9.59 Å². The van der Waals surface area contributed by atoms with Gasteiger partial charge in [-0.05, 0) is 24.5 Å². The summed E-state index contributed by atoms with van der Waals surface area (Å²) in [5, 5.41) is 2.74. The molecule has 1 fully saturated rings. The van der Waals surface area contributed by atoms with Crippen molar-refractivity contribution in [3.63, 3.8) is 0 Å². The van der Waals surface area contributed by atoms with Crippen molar-refractivity contribution in [2.24, 2.45) is 0 Å². The third-order valence-corrected chi connectivity index (χ3v) is 4.29. The van der Waals surface area contributed by atoms with E-state index in [0.29, 0.717) is 18.5 Å². The first-order valence-corrected chi connectivity index (χ1v) is 7.82. The summed E-state index contributed by atoms with van der Waals surface area (Å²) in [4.78, 5) is 29.8. The summed E-state index contributed by atoms with van der Waals surface area (Å²) in [7, 11) is 0. The van der Waals surface area contributed by atoms with Gasteiger partial charge < -0.3 is 10.3 Å². The van der Waals surface area contributed by atoms with Gasteiger partial charge in [0.25, 0.3) is 5.56 Å². The molecule has 1 aliphatic carbocycles. The van der Waals surface area contributed by atoms with Crippen molar-refractivity contribution in [2.45, 2.75) is 37.4 Å². The smallest absolute Gasteiger partial charge is 0.353 e. The van der Waals surface area contributed by atoms with E-state index in [0.717, 1.165) is 6.07 Å². The third kappa shape index (κ3) is 4.07. The van der Waals surface area contributed by atoms with Crippen LogP contribution >= 0.6 is 0 Å².